The van der Waals surface area contributed by atoms with Gasteiger partial charge in [-0.25, -0.2) is 0 Å². The molecular weight excluding hydrogens is 425 g/mol. The van der Waals surface area contributed by atoms with E-state index in [4.69, 9.17) is 0 Å². The maximum Gasteiger partial charge on any atom is 0.573 e. The molecule has 0 bridgehead atoms. The first-order valence-electron chi connectivity index (χ1n) is 9.70. The van der Waals surface area contributed by atoms with Gasteiger partial charge in [-0.1, -0.05) is 18.2 Å². The molecule has 1 unspecified atom stereocenters. The Hall–Kier alpha value is -3.40. The van der Waals surface area contributed by atoms with Crippen molar-refractivity contribution in [2.75, 3.05) is 0 Å². The molecule has 0 spiro atoms. The first-order valence-corrected chi connectivity index (χ1v) is 9.70. The highest BCUT2D eigenvalue weighted by Gasteiger charge is 2.33. The summed E-state index contributed by atoms with van der Waals surface area (Å²) in [6.45, 7) is 4.81. The Balaban J connectivity index is 1.91. The summed E-state index contributed by atoms with van der Waals surface area (Å²) >= 11 is 0. The highest BCUT2D eigenvalue weighted by Crippen LogP contribution is 2.30. The summed E-state index contributed by atoms with van der Waals surface area (Å²) in [6, 6.07) is 9.44. The van der Waals surface area contributed by atoms with E-state index >= 15 is 0 Å². The Bertz CT molecular complexity index is 1100. The molecule has 3 aromatic rings. The van der Waals surface area contributed by atoms with Gasteiger partial charge >= 0.3 is 6.36 Å². The van der Waals surface area contributed by atoms with E-state index in [2.05, 4.69) is 20.1 Å². The molecule has 1 amide bonds. The second kappa shape index (κ2) is 8.62. The molecular formula is C22H23F3N4O3. The van der Waals surface area contributed by atoms with Crippen LogP contribution in [-0.4, -0.2) is 37.7 Å². The molecule has 0 aliphatic rings. The third-order valence-corrected chi connectivity index (χ3v) is 4.75. The number of aliphatic hydroxyl groups is 1. The average Bonchev–Trinajstić information content (AvgIpc) is 3.06. The number of carbonyl (C=O) groups excluding carboxylic acids is 1. The number of alkyl halides is 3. The van der Waals surface area contributed by atoms with Crippen molar-refractivity contribution >= 4 is 5.91 Å². The van der Waals surface area contributed by atoms with Crippen molar-refractivity contribution in [1.29, 1.82) is 0 Å². The molecule has 7 nitrogen and oxygen atoms in total. The fourth-order valence-electron chi connectivity index (χ4n) is 3.32. The molecule has 10 heteroatoms. The smallest absolute Gasteiger partial charge is 0.406 e. The molecule has 170 valence electrons. The van der Waals surface area contributed by atoms with Gasteiger partial charge in [0, 0.05) is 12.7 Å². The number of benzene rings is 1. The highest BCUT2D eigenvalue weighted by atomic mass is 19.4. The van der Waals surface area contributed by atoms with Crippen LogP contribution < -0.4 is 10.1 Å². The average molecular weight is 448 g/mol. The first-order chi connectivity index (χ1) is 14.8. The number of nitrogens with one attached hydrogen (secondary N) is 1. The maximum absolute atomic E-state index is 13.2. The predicted octanol–water partition coefficient (Wildman–Crippen LogP) is 3.93. The molecule has 1 atom stereocenters. The fourth-order valence-corrected chi connectivity index (χ4v) is 3.32. The Labute approximate surface area is 182 Å². The second-order valence-corrected chi connectivity index (χ2v) is 7.87. The molecule has 0 fully saturated rings. The zero-order chi connectivity index (χ0) is 23.7. The van der Waals surface area contributed by atoms with Crippen LogP contribution in [0.3, 0.4) is 0 Å². The van der Waals surface area contributed by atoms with Crippen molar-refractivity contribution in [1.82, 2.24) is 20.1 Å². The van der Waals surface area contributed by atoms with Crippen molar-refractivity contribution in [3.05, 3.63) is 65.6 Å². The zero-order valence-electron chi connectivity index (χ0n) is 17.9. The lowest BCUT2D eigenvalue weighted by atomic mass is 9.91. The third-order valence-electron chi connectivity index (χ3n) is 4.75. The van der Waals surface area contributed by atoms with Crippen molar-refractivity contribution in [3.63, 3.8) is 0 Å². The van der Waals surface area contributed by atoms with E-state index in [1.165, 1.54) is 36.9 Å². The Morgan fingerprint density at radius 1 is 1.16 bits per heavy atom. The van der Waals surface area contributed by atoms with Gasteiger partial charge in [-0.05, 0) is 50.6 Å². The van der Waals surface area contributed by atoms with Gasteiger partial charge in [0.1, 0.15) is 11.4 Å². The normalized spacial score (nSPS) is 13.0. The minimum Gasteiger partial charge on any atom is -0.406 e. The minimum absolute atomic E-state index is 0.231. The molecule has 2 aromatic heterocycles. The van der Waals surface area contributed by atoms with E-state index in [0.717, 1.165) is 17.8 Å². The molecule has 32 heavy (non-hydrogen) atoms. The molecule has 0 saturated carbocycles. The van der Waals surface area contributed by atoms with Gasteiger partial charge in [0.2, 0.25) is 0 Å². The van der Waals surface area contributed by atoms with E-state index in [1.54, 1.807) is 13.1 Å². The number of hydrogen-bond acceptors (Lipinski definition) is 5. The van der Waals surface area contributed by atoms with Gasteiger partial charge in [-0.15, -0.1) is 13.2 Å². The van der Waals surface area contributed by atoms with Gasteiger partial charge in [0.15, 0.2) is 0 Å². The summed E-state index contributed by atoms with van der Waals surface area (Å²) in [5.41, 5.74) is 1.05. The first kappa shape index (κ1) is 23.3. The lowest BCUT2D eigenvalue weighted by Gasteiger charge is -2.31. The number of carbonyl (C=O) groups is 1. The Morgan fingerprint density at radius 2 is 1.81 bits per heavy atom. The van der Waals surface area contributed by atoms with E-state index in [0.29, 0.717) is 16.8 Å². The molecule has 0 radical (unpaired) electrons. The monoisotopic (exact) mass is 448 g/mol. The summed E-state index contributed by atoms with van der Waals surface area (Å²) < 4.78 is 42.6. The molecule has 2 N–H and O–H groups in total. The molecule has 1 aromatic carbocycles. The van der Waals surface area contributed by atoms with E-state index in [1.807, 2.05) is 19.1 Å². The van der Waals surface area contributed by atoms with Crippen LogP contribution in [0.5, 0.6) is 5.75 Å². The predicted molar refractivity (Wildman–Crippen MR) is 111 cm³/mol. The number of hydrogen-bond donors (Lipinski definition) is 2. The van der Waals surface area contributed by atoms with E-state index < -0.39 is 29.7 Å². The molecule has 0 saturated heterocycles. The number of amides is 1. The van der Waals surface area contributed by atoms with E-state index in [-0.39, 0.29) is 5.69 Å². The summed E-state index contributed by atoms with van der Waals surface area (Å²) in [4.78, 5) is 17.6. The standard InChI is InChI=1S/C22H23F3N4O3/c1-13-6-5-7-17(27-13)16-12-26-29(4)18(16)20(30)28-19(21(2,3)31)14-8-10-15(11-9-14)32-22(23,24)25/h5-12,19,31H,1-4H3,(H,28,30). The topological polar surface area (TPSA) is 89.3 Å². The third kappa shape index (κ3) is 5.44. The fraction of sp³-hybridized carbons (Fsp3) is 0.318. The summed E-state index contributed by atoms with van der Waals surface area (Å²) in [6.07, 6.45) is -3.29. The Morgan fingerprint density at radius 3 is 2.38 bits per heavy atom. The van der Waals surface area contributed by atoms with Crippen LogP contribution in [0, 0.1) is 6.92 Å². The van der Waals surface area contributed by atoms with Crippen LogP contribution in [0.25, 0.3) is 11.3 Å². The molecule has 0 aliphatic carbocycles. The maximum atomic E-state index is 13.2. The summed E-state index contributed by atoms with van der Waals surface area (Å²) in [5.74, 6) is -0.924. The van der Waals surface area contributed by atoms with Gasteiger partial charge in [0.05, 0.1) is 29.1 Å². The van der Waals surface area contributed by atoms with Crippen LogP contribution >= 0.6 is 0 Å². The lowest BCUT2D eigenvalue weighted by molar-refractivity contribution is -0.274. The van der Waals surface area contributed by atoms with E-state index in [9.17, 15) is 23.1 Å². The second-order valence-electron chi connectivity index (χ2n) is 7.87. The number of pyridine rings is 1. The van der Waals surface area contributed by atoms with Crippen molar-refractivity contribution < 1.29 is 27.8 Å². The largest absolute Gasteiger partial charge is 0.573 e. The summed E-state index contributed by atoms with van der Waals surface area (Å²) in [5, 5.41) is 17.6. The van der Waals surface area contributed by atoms with Gasteiger partial charge in [0.25, 0.3) is 5.91 Å². The molecule has 2 heterocycles. The number of aromatic nitrogens is 3. The Kier molecular flexibility index (Phi) is 6.27. The number of ether oxygens (including phenoxy) is 1. The lowest BCUT2D eigenvalue weighted by Crippen LogP contribution is -2.42. The van der Waals surface area contributed by atoms with Gasteiger partial charge < -0.3 is 15.2 Å². The van der Waals surface area contributed by atoms with Crippen LogP contribution in [-0.2, 0) is 7.05 Å². The summed E-state index contributed by atoms with van der Waals surface area (Å²) in [7, 11) is 1.61. The van der Waals surface area contributed by atoms with Crippen LogP contribution in [0.4, 0.5) is 13.2 Å². The number of nitrogens with zero attached hydrogens (tertiary/aromatic N) is 3. The number of halogens is 3. The quantitative estimate of drug-likeness (QED) is 0.597. The molecule has 0 aliphatic heterocycles. The van der Waals surface area contributed by atoms with Crippen molar-refractivity contribution in [2.24, 2.45) is 7.05 Å². The SMILES string of the molecule is Cc1cccc(-c2cnn(C)c2C(=O)NC(c2ccc(OC(F)(F)F)cc2)C(C)(C)O)n1. The minimum atomic E-state index is -4.81. The van der Waals surface area contributed by atoms with Crippen LogP contribution in [0.15, 0.2) is 48.7 Å². The highest BCUT2D eigenvalue weighted by molar-refractivity contribution is 5.99. The van der Waals surface area contributed by atoms with Gasteiger partial charge in [-0.3, -0.25) is 14.5 Å². The van der Waals surface area contributed by atoms with Crippen LogP contribution in [0.1, 0.15) is 41.6 Å². The zero-order valence-corrected chi connectivity index (χ0v) is 17.9. The number of rotatable bonds is 6. The van der Waals surface area contributed by atoms with Crippen molar-refractivity contribution in [3.8, 4) is 17.0 Å². The number of aryl methyl sites for hydroxylation is 2. The van der Waals surface area contributed by atoms with Crippen molar-refractivity contribution in [2.45, 2.75) is 38.8 Å². The van der Waals surface area contributed by atoms with Crippen LogP contribution in [0.2, 0.25) is 0 Å². The molecule has 3 rings (SSSR count). The van der Waals surface area contributed by atoms with Gasteiger partial charge in [-0.2, -0.15) is 5.10 Å².